The molecular weight excluding hydrogens is 310 g/mol. The highest BCUT2D eigenvalue weighted by Gasteiger charge is 2.22. The van der Waals surface area contributed by atoms with Gasteiger partial charge in [-0.15, -0.1) is 11.3 Å². The van der Waals surface area contributed by atoms with Crippen LogP contribution < -0.4 is 5.56 Å². The van der Waals surface area contributed by atoms with Gasteiger partial charge in [0.2, 0.25) is 0 Å². The summed E-state index contributed by atoms with van der Waals surface area (Å²) in [4.78, 5) is 22.8. The van der Waals surface area contributed by atoms with Crippen LogP contribution in [0.2, 0.25) is 0 Å². The van der Waals surface area contributed by atoms with E-state index in [4.69, 9.17) is 0 Å². The van der Waals surface area contributed by atoms with Crippen LogP contribution in [0.4, 0.5) is 0 Å². The van der Waals surface area contributed by atoms with Gasteiger partial charge in [0, 0.05) is 30.8 Å². The van der Waals surface area contributed by atoms with Crippen LogP contribution in [0.3, 0.4) is 0 Å². The van der Waals surface area contributed by atoms with Crippen molar-refractivity contribution in [2.45, 2.75) is 26.4 Å². The molecule has 0 unspecified atom stereocenters. The van der Waals surface area contributed by atoms with Crippen LogP contribution in [-0.2, 0) is 19.5 Å². The lowest BCUT2D eigenvalue weighted by atomic mass is 10.1. The maximum Gasteiger partial charge on any atom is 0.254 e. The van der Waals surface area contributed by atoms with Crippen molar-refractivity contribution in [2.75, 3.05) is 6.54 Å². The van der Waals surface area contributed by atoms with Crippen LogP contribution in [0, 0.1) is 6.92 Å². The van der Waals surface area contributed by atoms with Crippen molar-refractivity contribution in [3.05, 3.63) is 56.7 Å². The third kappa shape index (κ3) is 2.73. The molecule has 3 aromatic heterocycles. The van der Waals surface area contributed by atoms with Crippen LogP contribution in [-0.4, -0.2) is 31.6 Å². The Hall–Kier alpha value is -2.25. The van der Waals surface area contributed by atoms with Crippen LogP contribution in [0.1, 0.15) is 22.6 Å². The van der Waals surface area contributed by atoms with E-state index in [1.807, 2.05) is 19.2 Å². The van der Waals surface area contributed by atoms with Crippen molar-refractivity contribution >= 4 is 11.3 Å². The smallest absolute Gasteiger partial charge is 0.254 e. The molecular formula is C16H17N5OS. The van der Waals surface area contributed by atoms with Gasteiger partial charge in [-0.3, -0.25) is 14.8 Å². The predicted octanol–water partition coefficient (Wildman–Crippen LogP) is 2.09. The van der Waals surface area contributed by atoms with E-state index in [0.717, 1.165) is 36.5 Å². The largest absolute Gasteiger partial charge is 0.311 e. The number of aromatic nitrogens is 4. The maximum atomic E-state index is 12.0. The van der Waals surface area contributed by atoms with Gasteiger partial charge in [0.1, 0.15) is 5.82 Å². The van der Waals surface area contributed by atoms with Crippen LogP contribution in [0.15, 0.2) is 28.5 Å². The Morgan fingerprint density at radius 2 is 2.35 bits per heavy atom. The monoisotopic (exact) mass is 327 g/mol. The lowest BCUT2D eigenvalue weighted by Gasteiger charge is -2.27. The number of nitrogens with one attached hydrogen (secondary N) is 2. The zero-order valence-corrected chi connectivity index (χ0v) is 13.6. The van der Waals surface area contributed by atoms with Crippen molar-refractivity contribution in [2.24, 2.45) is 0 Å². The van der Waals surface area contributed by atoms with Crippen molar-refractivity contribution in [3.63, 3.8) is 0 Å². The Bertz CT molecular complexity index is 880. The second kappa shape index (κ2) is 5.75. The molecule has 4 rings (SSSR count). The normalized spacial score (nSPS) is 14.8. The molecule has 1 aliphatic heterocycles. The molecule has 0 aromatic carbocycles. The standard InChI is InChI=1S/C16H17N5OS/c1-10-18-13-9-21(5-4-12(13)16(22)19-10)8-11-7-17-20-15(11)14-3-2-6-23-14/h2-3,6-7H,4-5,8-9H2,1H3,(H,17,20)(H,18,19,22). The van der Waals surface area contributed by atoms with E-state index in [1.165, 1.54) is 10.4 Å². The molecule has 0 bridgehead atoms. The average Bonchev–Trinajstić information content (AvgIpc) is 3.17. The molecule has 0 radical (unpaired) electrons. The topological polar surface area (TPSA) is 77.7 Å². The van der Waals surface area contributed by atoms with E-state index in [-0.39, 0.29) is 5.56 Å². The summed E-state index contributed by atoms with van der Waals surface area (Å²) in [7, 11) is 0. The molecule has 0 aliphatic carbocycles. The summed E-state index contributed by atoms with van der Waals surface area (Å²) >= 11 is 1.70. The van der Waals surface area contributed by atoms with Gasteiger partial charge in [-0.25, -0.2) is 4.98 Å². The molecule has 6 nitrogen and oxygen atoms in total. The van der Waals surface area contributed by atoms with Crippen molar-refractivity contribution in [1.29, 1.82) is 0 Å². The van der Waals surface area contributed by atoms with E-state index in [9.17, 15) is 4.79 Å². The van der Waals surface area contributed by atoms with Gasteiger partial charge in [0.05, 0.1) is 22.5 Å². The van der Waals surface area contributed by atoms with Gasteiger partial charge in [0.25, 0.3) is 5.56 Å². The number of hydrogen-bond acceptors (Lipinski definition) is 5. The fourth-order valence-electron chi connectivity index (χ4n) is 3.06. The molecule has 0 saturated heterocycles. The first-order chi connectivity index (χ1) is 11.2. The lowest BCUT2D eigenvalue weighted by Crippen LogP contribution is -2.35. The van der Waals surface area contributed by atoms with Crippen LogP contribution in [0.5, 0.6) is 0 Å². The highest BCUT2D eigenvalue weighted by molar-refractivity contribution is 7.13. The van der Waals surface area contributed by atoms with Gasteiger partial charge < -0.3 is 4.98 Å². The minimum atomic E-state index is 0.00901. The molecule has 0 atom stereocenters. The molecule has 0 amide bonds. The van der Waals surface area contributed by atoms with Crippen molar-refractivity contribution in [1.82, 2.24) is 25.1 Å². The Balaban J connectivity index is 1.58. The third-order valence-electron chi connectivity index (χ3n) is 4.15. The number of H-pyrrole nitrogens is 2. The summed E-state index contributed by atoms with van der Waals surface area (Å²) in [5, 5.41) is 9.36. The molecule has 118 valence electrons. The summed E-state index contributed by atoms with van der Waals surface area (Å²) < 4.78 is 0. The Morgan fingerprint density at radius 1 is 1.43 bits per heavy atom. The first kappa shape index (κ1) is 14.3. The average molecular weight is 327 g/mol. The molecule has 7 heteroatoms. The number of aromatic amines is 2. The van der Waals surface area contributed by atoms with Gasteiger partial charge in [0.15, 0.2) is 0 Å². The number of fused-ring (bicyclic) bond motifs is 1. The molecule has 0 spiro atoms. The molecule has 0 saturated carbocycles. The lowest BCUT2D eigenvalue weighted by molar-refractivity contribution is 0.240. The summed E-state index contributed by atoms with van der Waals surface area (Å²) in [5.41, 5.74) is 4.00. The summed E-state index contributed by atoms with van der Waals surface area (Å²) in [6, 6.07) is 4.14. The Labute approximate surface area is 137 Å². The predicted molar refractivity (Wildman–Crippen MR) is 89.3 cm³/mol. The van der Waals surface area contributed by atoms with Crippen molar-refractivity contribution in [3.8, 4) is 10.6 Å². The Morgan fingerprint density at radius 3 is 3.17 bits per heavy atom. The quantitative estimate of drug-likeness (QED) is 0.772. The second-order valence-electron chi connectivity index (χ2n) is 5.78. The number of thiophene rings is 1. The van der Waals surface area contributed by atoms with Gasteiger partial charge in [-0.05, 0) is 24.8 Å². The first-order valence-electron chi connectivity index (χ1n) is 7.58. The van der Waals surface area contributed by atoms with E-state index in [1.54, 1.807) is 11.3 Å². The molecule has 0 fully saturated rings. The van der Waals surface area contributed by atoms with E-state index in [0.29, 0.717) is 12.4 Å². The zero-order valence-electron chi connectivity index (χ0n) is 12.8. The van der Waals surface area contributed by atoms with Gasteiger partial charge in [-0.2, -0.15) is 5.10 Å². The zero-order chi connectivity index (χ0) is 15.8. The van der Waals surface area contributed by atoms with Gasteiger partial charge in [-0.1, -0.05) is 6.07 Å². The fourth-order valence-corrected chi connectivity index (χ4v) is 3.81. The summed E-state index contributed by atoms with van der Waals surface area (Å²) in [6.45, 7) is 4.19. The number of hydrogen-bond donors (Lipinski definition) is 2. The molecule has 4 heterocycles. The first-order valence-corrected chi connectivity index (χ1v) is 8.46. The minimum absolute atomic E-state index is 0.00901. The summed E-state index contributed by atoms with van der Waals surface area (Å²) in [5.74, 6) is 0.679. The van der Waals surface area contributed by atoms with E-state index < -0.39 is 0 Å². The highest BCUT2D eigenvalue weighted by Crippen LogP contribution is 2.27. The number of nitrogens with zero attached hydrogens (tertiary/aromatic N) is 3. The van der Waals surface area contributed by atoms with E-state index in [2.05, 4.69) is 36.5 Å². The SMILES string of the molecule is Cc1nc2c(c(=O)[nH]1)CCN(Cc1cn[nH]c1-c1cccs1)C2. The minimum Gasteiger partial charge on any atom is -0.311 e. The van der Waals surface area contributed by atoms with Crippen LogP contribution >= 0.6 is 11.3 Å². The van der Waals surface area contributed by atoms with E-state index >= 15 is 0 Å². The van der Waals surface area contributed by atoms with Crippen molar-refractivity contribution < 1.29 is 0 Å². The molecule has 23 heavy (non-hydrogen) atoms. The fraction of sp³-hybridized carbons (Fsp3) is 0.312. The molecule has 3 aromatic rings. The maximum absolute atomic E-state index is 12.0. The second-order valence-corrected chi connectivity index (χ2v) is 6.73. The van der Waals surface area contributed by atoms with Gasteiger partial charge >= 0.3 is 0 Å². The number of rotatable bonds is 3. The summed E-state index contributed by atoms with van der Waals surface area (Å²) in [6.07, 6.45) is 2.63. The third-order valence-corrected chi connectivity index (χ3v) is 5.04. The van der Waals surface area contributed by atoms with Crippen LogP contribution in [0.25, 0.3) is 10.6 Å². The molecule has 2 N–H and O–H groups in total. The number of aryl methyl sites for hydroxylation is 1. The highest BCUT2D eigenvalue weighted by atomic mass is 32.1. The Kier molecular flexibility index (Phi) is 3.59. The molecule has 1 aliphatic rings.